The summed E-state index contributed by atoms with van der Waals surface area (Å²) in [5.74, 6) is 0.154. The van der Waals surface area contributed by atoms with Gasteiger partial charge in [0.05, 0.1) is 17.3 Å². The van der Waals surface area contributed by atoms with E-state index in [1.165, 1.54) is 12.1 Å². The molecule has 1 fully saturated rings. The molecule has 0 N–H and O–H groups in total. The van der Waals surface area contributed by atoms with E-state index in [1.54, 1.807) is 23.1 Å². The standard InChI is InChI=1S/C29H25F3IN3OS/c1-38(33,37)23-8-6-7-21(17-23)20-11-13-22(14-12-20)36-18-26(28(19-34)15-4-5-16-28)35-27(36)24-9-2-3-10-25(24)29(30,31)32/h2-3,6-14,17-18,38H,4-5,15-16H2,1H3. The van der Waals surface area contributed by atoms with E-state index in [9.17, 15) is 22.6 Å². The Morgan fingerprint density at radius 2 is 1.68 bits per heavy atom. The number of nitrogens with zero attached hydrogens (tertiary/aromatic N) is 3. The van der Waals surface area contributed by atoms with E-state index in [1.807, 2.05) is 69.7 Å². The zero-order valence-electron chi connectivity index (χ0n) is 20.5. The van der Waals surface area contributed by atoms with Gasteiger partial charge in [0.25, 0.3) is 0 Å². The summed E-state index contributed by atoms with van der Waals surface area (Å²) in [7, 11) is -2.46. The van der Waals surface area contributed by atoms with Crippen molar-refractivity contribution < 1.29 is 17.4 Å². The molecular weight excluding hydrogens is 622 g/mol. The lowest BCUT2D eigenvalue weighted by molar-refractivity contribution is -0.137. The topological polar surface area (TPSA) is 58.7 Å². The lowest BCUT2D eigenvalue weighted by Gasteiger charge is -2.16. The molecule has 0 atom stereocenters. The Labute approximate surface area is 232 Å². The molecule has 0 radical (unpaired) electrons. The minimum absolute atomic E-state index is 0.0325. The van der Waals surface area contributed by atoms with Crippen molar-refractivity contribution in [2.75, 3.05) is 6.26 Å². The number of aromatic nitrogens is 2. The number of rotatable bonds is 5. The van der Waals surface area contributed by atoms with Crippen LogP contribution in [0.2, 0.25) is 0 Å². The first kappa shape index (κ1) is 26.6. The Morgan fingerprint density at radius 1 is 1.00 bits per heavy atom. The fraction of sp³-hybridized carbons (Fsp3) is 0.241. The fourth-order valence-electron chi connectivity index (χ4n) is 5.08. The maximum absolute atomic E-state index is 14.0. The number of imidazole rings is 1. The van der Waals surface area contributed by atoms with Crippen molar-refractivity contribution in [1.29, 1.82) is 5.26 Å². The van der Waals surface area contributed by atoms with Crippen LogP contribution >= 0.6 is 21.2 Å². The molecule has 3 aromatic carbocycles. The molecular formula is C29H25F3IN3OS. The number of hydrogen-bond acceptors (Lipinski definition) is 3. The minimum Gasteiger partial charge on any atom is -0.299 e. The Bertz CT molecular complexity index is 1580. The summed E-state index contributed by atoms with van der Waals surface area (Å²) in [5, 5.41) is 10.0. The number of thiol groups is 1. The first-order valence-electron chi connectivity index (χ1n) is 12.2. The van der Waals surface area contributed by atoms with Crippen molar-refractivity contribution in [3.8, 4) is 34.3 Å². The van der Waals surface area contributed by atoms with Gasteiger partial charge in [-0.2, -0.15) is 18.4 Å². The van der Waals surface area contributed by atoms with Crippen LogP contribution in [-0.4, -0.2) is 20.0 Å². The molecule has 1 aliphatic rings. The molecule has 0 saturated heterocycles. The molecule has 4 nitrogen and oxygen atoms in total. The largest absolute Gasteiger partial charge is 0.417 e. The number of alkyl halides is 3. The van der Waals surface area contributed by atoms with E-state index in [-0.39, 0.29) is 11.4 Å². The maximum Gasteiger partial charge on any atom is 0.417 e. The van der Waals surface area contributed by atoms with E-state index in [2.05, 4.69) is 11.1 Å². The van der Waals surface area contributed by atoms with Crippen LogP contribution in [0, 0.1) is 11.3 Å². The van der Waals surface area contributed by atoms with Crippen LogP contribution in [0.4, 0.5) is 13.2 Å². The lowest BCUT2D eigenvalue weighted by atomic mass is 9.85. The van der Waals surface area contributed by atoms with Crippen LogP contribution in [0.15, 0.2) is 83.9 Å². The van der Waals surface area contributed by atoms with Crippen molar-refractivity contribution in [3.63, 3.8) is 0 Å². The second-order valence-electron chi connectivity index (χ2n) is 9.68. The Hall–Kier alpha value is -2.97. The van der Waals surface area contributed by atoms with Gasteiger partial charge in [0.2, 0.25) is 0 Å². The zero-order valence-corrected chi connectivity index (χ0v) is 23.6. The van der Waals surface area contributed by atoms with E-state index >= 15 is 0 Å². The normalized spacial score (nSPS) is 15.8. The van der Waals surface area contributed by atoms with Crippen LogP contribution in [0.5, 0.6) is 0 Å². The van der Waals surface area contributed by atoms with Gasteiger partial charge in [-0.05, 0) is 61.4 Å². The molecule has 0 spiro atoms. The van der Waals surface area contributed by atoms with Crippen LogP contribution in [-0.2, 0) is 18.7 Å². The Balaban J connectivity index is 1.64. The lowest BCUT2D eigenvalue weighted by Crippen LogP contribution is -2.19. The van der Waals surface area contributed by atoms with Crippen molar-refractivity contribution in [3.05, 3.63) is 90.3 Å². The van der Waals surface area contributed by atoms with Gasteiger partial charge in [0, 0.05) is 49.8 Å². The highest BCUT2D eigenvalue weighted by molar-refractivity contribution is 14.2. The molecule has 0 aliphatic heterocycles. The number of hydrogen-bond donors (Lipinski definition) is 1. The summed E-state index contributed by atoms with van der Waals surface area (Å²) in [6, 6.07) is 22.8. The van der Waals surface area contributed by atoms with E-state index in [0.29, 0.717) is 24.2 Å². The monoisotopic (exact) mass is 647 g/mol. The Morgan fingerprint density at radius 3 is 2.32 bits per heavy atom. The molecule has 9 heteroatoms. The number of nitriles is 1. The van der Waals surface area contributed by atoms with Gasteiger partial charge in [-0.15, -0.1) is 0 Å². The van der Waals surface area contributed by atoms with Gasteiger partial charge in [-0.25, -0.2) is 4.98 Å². The van der Waals surface area contributed by atoms with Crippen LogP contribution in [0.1, 0.15) is 36.9 Å². The molecule has 0 amide bonds. The first-order valence-corrected chi connectivity index (χ1v) is 17.1. The van der Waals surface area contributed by atoms with E-state index in [0.717, 1.165) is 34.9 Å². The van der Waals surface area contributed by atoms with Crippen LogP contribution < -0.4 is 0 Å². The van der Waals surface area contributed by atoms with Gasteiger partial charge in [-0.1, -0.05) is 55.3 Å². The predicted octanol–water partition coefficient (Wildman–Crippen LogP) is 7.92. The summed E-state index contributed by atoms with van der Waals surface area (Å²) in [5.41, 5.74) is 1.32. The number of halogens is 4. The average molecular weight is 648 g/mol. The third-order valence-electron chi connectivity index (χ3n) is 7.13. The SMILES string of the molecule is C[SH](=O)(I)c1cccc(-c2ccc(-n3cc(C4(C#N)CCCC4)nc3-c3ccccc3C(F)(F)F)cc2)c1. The highest BCUT2D eigenvalue weighted by atomic mass is 127. The molecule has 4 aromatic rings. The second-order valence-corrected chi connectivity index (χ2v) is 17.4. The highest BCUT2D eigenvalue weighted by Gasteiger charge is 2.40. The average Bonchev–Trinajstić information content (AvgIpc) is 3.56. The minimum atomic E-state index is -4.56. The molecule has 196 valence electrons. The molecule has 0 unspecified atom stereocenters. The maximum atomic E-state index is 14.0. The molecule has 1 aromatic heterocycles. The molecule has 1 aliphatic carbocycles. The summed E-state index contributed by atoms with van der Waals surface area (Å²) >= 11 is 1.97. The van der Waals surface area contributed by atoms with E-state index < -0.39 is 24.3 Å². The Kier molecular flexibility index (Phi) is 6.99. The van der Waals surface area contributed by atoms with Crippen LogP contribution in [0.3, 0.4) is 0 Å². The molecule has 5 rings (SSSR count). The molecule has 38 heavy (non-hydrogen) atoms. The third-order valence-corrected chi connectivity index (χ3v) is 10.00. The van der Waals surface area contributed by atoms with Gasteiger partial charge in [0.15, 0.2) is 0 Å². The van der Waals surface area contributed by atoms with Crippen molar-refractivity contribution in [2.45, 2.75) is 42.2 Å². The fourth-order valence-corrected chi connectivity index (χ4v) is 6.70. The number of benzene rings is 3. The summed E-state index contributed by atoms with van der Waals surface area (Å²) in [6.45, 7) is 0. The molecule has 1 saturated carbocycles. The summed E-state index contributed by atoms with van der Waals surface area (Å²) in [6.07, 6.45) is 1.90. The summed E-state index contributed by atoms with van der Waals surface area (Å²) in [4.78, 5) is 5.45. The van der Waals surface area contributed by atoms with Gasteiger partial charge in [0.1, 0.15) is 11.2 Å². The van der Waals surface area contributed by atoms with Crippen molar-refractivity contribution in [2.24, 2.45) is 0 Å². The smallest absolute Gasteiger partial charge is 0.299 e. The quantitative estimate of drug-likeness (QED) is 0.136. The first-order chi connectivity index (χ1) is 18.0. The van der Waals surface area contributed by atoms with Gasteiger partial charge < -0.3 is 0 Å². The van der Waals surface area contributed by atoms with Crippen LogP contribution in [0.25, 0.3) is 28.2 Å². The van der Waals surface area contributed by atoms with Crippen molar-refractivity contribution in [1.82, 2.24) is 9.55 Å². The third kappa shape index (κ3) is 5.04. The summed E-state index contributed by atoms with van der Waals surface area (Å²) < 4.78 is 56.1. The van der Waals surface area contributed by atoms with Gasteiger partial charge in [-0.3, -0.25) is 8.78 Å². The van der Waals surface area contributed by atoms with Crippen molar-refractivity contribution >= 4 is 28.3 Å². The molecule has 0 bridgehead atoms. The highest BCUT2D eigenvalue weighted by Crippen LogP contribution is 2.43. The molecule has 1 heterocycles. The second kappa shape index (κ2) is 9.97. The van der Waals surface area contributed by atoms with E-state index in [4.69, 9.17) is 0 Å². The van der Waals surface area contributed by atoms with Gasteiger partial charge >= 0.3 is 6.18 Å². The predicted molar refractivity (Wildman–Crippen MR) is 153 cm³/mol. The zero-order chi connectivity index (χ0) is 27.1.